The molecule has 3 N–H and O–H groups in total. The minimum Gasteiger partial charge on any atom is -0.451 e. The number of rotatable bonds is 6. The largest absolute Gasteiger partial charge is 0.451 e. The van der Waals surface area contributed by atoms with Crippen LogP contribution in [0.5, 0.6) is 0 Å². The van der Waals surface area contributed by atoms with Crippen molar-refractivity contribution in [2.75, 3.05) is 33.7 Å². The number of hydrogen-bond acceptors (Lipinski definition) is 4. The van der Waals surface area contributed by atoms with Gasteiger partial charge >= 0.3 is 0 Å². The van der Waals surface area contributed by atoms with E-state index in [-0.39, 0.29) is 6.04 Å². The molecule has 1 rings (SSSR count). The van der Waals surface area contributed by atoms with Crippen molar-refractivity contribution in [1.82, 2.24) is 10.2 Å². The van der Waals surface area contributed by atoms with Gasteiger partial charge in [-0.15, -0.1) is 0 Å². The highest BCUT2D eigenvalue weighted by Crippen LogP contribution is 2.29. The standard InChI is InChI=1S/C10H17Br2N3O/c1-15(2)4-3-14-8(6-13)9-5-7(11)10(12)16-9/h5,8,14H,3-4,6,13H2,1-2H3. The first-order valence-electron chi connectivity index (χ1n) is 5.07. The maximum absolute atomic E-state index is 5.71. The van der Waals surface area contributed by atoms with Gasteiger partial charge in [0.25, 0.3) is 0 Å². The molecule has 0 saturated carbocycles. The van der Waals surface area contributed by atoms with Crippen LogP contribution < -0.4 is 11.1 Å². The maximum atomic E-state index is 5.71. The molecular weight excluding hydrogens is 338 g/mol. The van der Waals surface area contributed by atoms with Gasteiger partial charge in [-0.3, -0.25) is 0 Å². The third-order valence-electron chi connectivity index (χ3n) is 2.19. The molecule has 0 aliphatic carbocycles. The van der Waals surface area contributed by atoms with Crippen LogP contribution in [0.4, 0.5) is 0 Å². The monoisotopic (exact) mass is 353 g/mol. The highest BCUT2D eigenvalue weighted by Gasteiger charge is 2.15. The van der Waals surface area contributed by atoms with Crippen molar-refractivity contribution in [3.63, 3.8) is 0 Å². The topological polar surface area (TPSA) is 54.4 Å². The minimum atomic E-state index is 0.0579. The highest BCUT2D eigenvalue weighted by atomic mass is 79.9. The molecule has 92 valence electrons. The summed E-state index contributed by atoms with van der Waals surface area (Å²) < 4.78 is 7.15. The number of nitrogens with one attached hydrogen (secondary N) is 1. The summed E-state index contributed by atoms with van der Waals surface area (Å²) >= 11 is 6.70. The van der Waals surface area contributed by atoms with Crippen LogP contribution >= 0.6 is 31.9 Å². The molecule has 0 aliphatic heterocycles. The first-order chi connectivity index (χ1) is 7.54. The fourth-order valence-electron chi connectivity index (χ4n) is 1.30. The van der Waals surface area contributed by atoms with Crippen LogP contribution in [0.25, 0.3) is 0 Å². The molecule has 0 aliphatic rings. The van der Waals surface area contributed by atoms with Crippen molar-refractivity contribution in [2.24, 2.45) is 5.73 Å². The summed E-state index contributed by atoms with van der Waals surface area (Å²) in [5.74, 6) is 0.847. The Kier molecular flexibility index (Phi) is 5.99. The zero-order valence-corrected chi connectivity index (χ0v) is 12.6. The fraction of sp³-hybridized carbons (Fsp3) is 0.600. The average molecular weight is 355 g/mol. The van der Waals surface area contributed by atoms with Crippen molar-refractivity contribution in [2.45, 2.75) is 6.04 Å². The molecule has 0 bridgehead atoms. The Bertz CT molecular complexity index is 308. The van der Waals surface area contributed by atoms with Crippen LogP contribution in [0.15, 0.2) is 19.6 Å². The lowest BCUT2D eigenvalue weighted by molar-refractivity contribution is 0.361. The Morgan fingerprint density at radius 2 is 2.19 bits per heavy atom. The van der Waals surface area contributed by atoms with E-state index in [2.05, 4.69) is 42.1 Å². The second kappa shape index (κ2) is 6.76. The van der Waals surface area contributed by atoms with Gasteiger partial charge < -0.3 is 20.4 Å². The van der Waals surface area contributed by atoms with Crippen molar-refractivity contribution in [1.29, 1.82) is 0 Å². The summed E-state index contributed by atoms with van der Waals surface area (Å²) in [6, 6.07) is 1.99. The molecule has 0 spiro atoms. The summed E-state index contributed by atoms with van der Waals surface area (Å²) in [6.07, 6.45) is 0. The van der Waals surface area contributed by atoms with Gasteiger partial charge in [-0.05, 0) is 52.0 Å². The molecule has 1 heterocycles. The van der Waals surface area contributed by atoms with Crippen LogP contribution in [0.1, 0.15) is 11.8 Å². The molecule has 1 aromatic rings. The van der Waals surface area contributed by atoms with Crippen molar-refractivity contribution < 1.29 is 4.42 Å². The Hall–Kier alpha value is 0.120. The fourth-order valence-corrected chi connectivity index (χ4v) is 1.91. The van der Waals surface area contributed by atoms with Crippen LogP contribution in [-0.2, 0) is 0 Å². The van der Waals surface area contributed by atoms with Gasteiger partial charge in [0.1, 0.15) is 5.76 Å². The number of furan rings is 1. The summed E-state index contributed by atoms with van der Waals surface area (Å²) in [4.78, 5) is 2.12. The maximum Gasteiger partial charge on any atom is 0.183 e. The van der Waals surface area contributed by atoms with Crippen molar-refractivity contribution in [3.05, 3.63) is 21.0 Å². The Morgan fingerprint density at radius 1 is 1.50 bits per heavy atom. The van der Waals surface area contributed by atoms with E-state index < -0.39 is 0 Å². The van der Waals surface area contributed by atoms with Crippen LogP contribution in [-0.4, -0.2) is 38.6 Å². The normalized spacial score (nSPS) is 13.4. The van der Waals surface area contributed by atoms with Gasteiger partial charge in [0.2, 0.25) is 0 Å². The Labute approximate surface area is 113 Å². The van der Waals surface area contributed by atoms with Crippen LogP contribution in [0.2, 0.25) is 0 Å². The molecule has 0 amide bonds. The minimum absolute atomic E-state index is 0.0579. The van der Waals surface area contributed by atoms with Crippen molar-refractivity contribution >= 4 is 31.9 Å². The Balaban J connectivity index is 2.53. The average Bonchev–Trinajstić information content (AvgIpc) is 2.53. The number of nitrogens with two attached hydrogens (primary N) is 1. The molecular formula is C10H17Br2N3O. The quantitative estimate of drug-likeness (QED) is 0.819. The number of hydrogen-bond donors (Lipinski definition) is 2. The lowest BCUT2D eigenvalue weighted by Crippen LogP contribution is -2.33. The predicted octanol–water partition coefficient (Wildman–Crippen LogP) is 1.96. The molecule has 0 radical (unpaired) electrons. The molecule has 6 heteroatoms. The van der Waals surface area contributed by atoms with E-state index in [1.807, 2.05) is 20.2 Å². The van der Waals surface area contributed by atoms with Crippen molar-refractivity contribution in [3.8, 4) is 0 Å². The zero-order chi connectivity index (χ0) is 12.1. The zero-order valence-electron chi connectivity index (χ0n) is 9.46. The SMILES string of the molecule is CN(C)CCNC(CN)c1cc(Br)c(Br)o1. The predicted molar refractivity (Wildman–Crippen MR) is 72.5 cm³/mol. The first kappa shape index (κ1) is 14.2. The van der Waals surface area contributed by atoms with Gasteiger partial charge in [0.05, 0.1) is 10.5 Å². The van der Waals surface area contributed by atoms with Gasteiger partial charge in [0.15, 0.2) is 4.67 Å². The van der Waals surface area contributed by atoms with E-state index in [4.69, 9.17) is 10.2 Å². The second-order valence-corrected chi connectivity index (χ2v) is 5.39. The van der Waals surface area contributed by atoms with E-state index in [1.54, 1.807) is 0 Å². The lowest BCUT2D eigenvalue weighted by Gasteiger charge is -2.16. The summed E-state index contributed by atoms with van der Waals surface area (Å²) in [6.45, 7) is 2.37. The van der Waals surface area contributed by atoms with E-state index in [9.17, 15) is 0 Å². The Morgan fingerprint density at radius 3 is 2.62 bits per heavy atom. The molecule has 0 aromatic carbocycles. The lowest BCUT2D eigenvalue weighted by atomic mass is 10.2. The van der Waals surface area contributed by atoms with Crippen LogP contribution in [0, 0.1) is 0 Å². The molecule has 1 unspecified atom stereocenters. The van der Waals surface area contributed by atoms with E-state index in [1.165, 1.54) is 0 Å². The molecule has 0 saturated heterocycles. The van der Waals surface area contributed by atoms with Gasteiger partial charge in [-0.2, -0.15) is 0 Å². The number of likely N-dealkylation sites (N-methyl/N-ethyl adjacent to an activating group) is 1. The summed E-state index contributed by atoms with van der Waals surface area (Å²) in [7, 11) is 4.08. The molecule has 0 fully saturated rings. The number of nitrogens with zero attached hydrogens (tertiary/aromatic N) is 1. The van der Waals surface area contributed by atoms with E-state index in [0.29, 0.717) is 11.2 Å². The van der Waals surface area contributed by atoms with Gasteiger partial charge in [-0.1, -0.05) is 0 Å². The highest BCUT2D eigenvalue weighted by molar-refractivity contribution is 9.13. The van der Waals surface area contributed by atoms with Crippen LogP contribution in [0.3, 0.4) is 0 Å². The number of halogens is 2. The van der Waals surface area contributed by atoms with E-state index >= 15 is 0 Å². The molecule has 1 atom stereocenters. The van der Waals surface area contributed by atoms with Gasteiger partial charge in [-0.25, -0.2) is 0 Å². The molecule has 4 nitrogen and oxygen atoms in total. The third kappa shape index (κ3) is 4.18. The third-order valence-corrected chi connectivity index (χ3v) is 3.90. The molecule has 16 heavy (non-hydrogen) atoms. The second-order valence-electron chi connectivity index (χ2n) is 3.82. The first-order valence-corrected chi connectivity index (χ1v) is 6.66. The summed E-state index contributed by atoms with van der Waals surface area (Å²) in [5.41, 5.74) is 5.71. The smallest absolute Gasteiger partial charge is 0.183 e. The van der Waals surface area contributed by atoms with E-state index in [0.717, 1.165) is 23.3 Å². The van der Waals surface area contributed by atoms with Gasteiger partial charge in [0, 0.05) is 19.6 Å². The summed E-state index contributed by atoms with van der Waals surface area (Å²) in [5, 5.41) is 3.36. The molecule has 1 aromatic heterocycles.